The number of hydrogen-bond acceptors (Lipinski definition) is 4. The van der Waals surface area contributed by atoms with Crippen LogP contribution in [0.4, 0.5) is 0 Å². The van der Waals surface area contributed by atoms with Crippen molar-refractivity contribution >= 4 is 5.91 Å². The van der Waals surface area contributed by atoms with Gasteiger partial charge in [0.1, 0.15) is 11.5 Å². The smallest absolute Gasteiger partial charge is 0.223 e. The van der Waals surface area contributed by atoms with Crippen LogP contribution in [0, 0.1) is 0 Å². The predicted octanol–water partition coefficient (Wildman–Crippen LogP) is 1.35. The van der Waals surface area contributed by atoms with Crippen molar-refractivity contribution in [3.63, 3.8) is 0 Å². The van der Waals surface area contributed by atoms with E-state index in [4.69, 9.17) is 14.6 Å². The molecule has 1 aromatic rings. The van der Waals surface area contributed by atoms with Crippen molar-refractivity contribution in [1.82, 2.24) is 5.32 Å². The summed E-state index contributed by atoms with van der Waals surface area (Å²) in [7, 11) is 1.60. The van der Waals surface area contributed by atoms with Crippen LogP contribution in [0.5, 0.6) is 11.5 Å². The maximum Gasteiger partial charge on any atom is 0.223 e. The normalized spacial score (nSPS) is 11.7. The van der Waals surface area contributed by atoms with Gasteiger partial charge in [0, 0.05) is 12.6 Å². The van der Waals surface area contributed by atoms with Crippen LogP contribution >= 0.6 is 0 Å². The van der Waals surface area contributed by atoms with Gasteiger partial charge >= 0.3 is 0 Å². The number of carbonyl (C=O) groups excluding carboxylic acids is 1. The van der Waals surface area contributed by atoms with E-state index < -0.39 is 0 Å². The van der Waals surface area contributed by atoms with Crippen molar-refractivity contribution in [2.45, 2.75) is 25.8 Å². The van der Waals surface area contributed by atoms with Crippen LogP contribution < -0.4 is 14.8 Å². The zero-order valence-electron chi connectivity index (χ0n) is 11.4. The van der Waals surface area contributed by atoms with Gasteiger partial charge in [0.2, 0.25) is 5.91 Å². The molecular formula is C14H21NO4. The van der Waals surface area contributed by atoms with E-state index in [1.165, 1.54) is 0 Å². The summed E-state index contributed by atoms with van der Waals surface area (Å²) in [6, 6.07) is 7.19. The van der Waals surface area contributed by atoms with Crippen molar-refractivity contribution in [3.8, 4) is 11.5 Å². The van der Waals surface area contributed by atoms with Crippen LogP contribution in [-0.2, 0) is 4.79 Å². The van der Waals surface area contributed by atoms with Crippen LogP contribution in [0.25, 0.3) is 0 Å². The first kappa shape index (κ1) is 15.3. The summed E-state index contributed by atoms with van der Waals surface area (Å²) < 4.78 is 10.5. The van der Waals surface area contributed by atoms with E-state index in [9.17, 15) is 4.79 Å². The lowest BCUT2D eigenvalue weighted by molar-refractivity contribution is -0.122. The molecule has 1 unspecified atom stereocenters. The van der Waals surface area contributed by atoms with Gasteiger partial charge in [-0.25, -0.2) is 0 Å². The minimum atomic E-state index is -0.0746. The van der Waals surface area contributed by atoms with E-state index in [0.717, 1.165) is 5.75 Å². The molecule has 5 nitrogen and oxygen atoms in total. The van der Waals surface area contributed by atoms with Gasteiger partial charge in [-0.2, -0.15) is 0 Å². The zero-order chi connectivity index (χ0) is 14.1. The molecule has 106 valence electrons. The molecule has 0 aliphatic rings. The highest BCUT2D eigenvalue weighted by Gasteiger charge is 2.06. The van der Waals surface area contributed by atoms with Gasteiger partial charge in [0.25, 0.3) is 0 Å². The van der Waals surface area contributed by atoms with Crippen LogP contribution in [0.1, 0.15) is 19.8 Å². The summed E-state index contributed by atoms with van der Waals surface area (Å²) in [5.41, 5.74) is 0. The topological polar surface area (TPSA) is 67.8 Å². The first-order valence-corrected chi connectivity index (χ1v) is 6.32. The SMILES string of the molecule is COc1ccc(OCCC(=O)NC(C)CCO)cc1. The van der Waals surface area contributed by atoms with Crippen molar-refractivity contribution in [3.05, 3.63) is 24.3 Å². The number of carbonyl (C=O) groups is 1. The molecule has 1 rings (SSSR count). The van der Waals surface area contributed by atoms with E-state index in [0.29, 0.717) is 25.2 Å². The highest BCUT2D eigenvalue weighted by atomic mass is 16.5. The second-order valence-electron chi connectivity index (χ2n) is 4.25. The molecule has 0 aliphatic carbocycles. The summed E-state index contributed by atoms with van der Waals surface area (Å²) in [6.45, 7) is 2.26. The summed E-state index contributed by atoms with van der Waals surface area (Å²) in [6.07, 6.45) is 0.854. The number of benzene rings is 1. The molecule has 19 heavy (non-hydrogen) atoms. The second kappa shape index (κ2) is 8.37. The van der Waals surface area contributed by atoms with Crippen LogP contribution in [0.15, 0.2) is 24.3 Å². The largest absolute Gasteiger partial charge is 0.497 e. The van der Waals surface area contributed by atoms with Crippen LogP contribution in [0.3, 0.4) is 0 Å². The Hall–Kier alpha value is -1.75. The molecule has 0 radical (unpaired) electrons. The first-order chi connectivity index (χ1) is 9.15. The molecular weight excluding hydrogens is 246 g/mol. The number of hydrogen-bond donors (Lipinski definition) is 2. The molecule has 0 bridgehead atoms. The van der Waals surface area contributed by atoms with Gasteiger partial charge in [0.15, 0.2) is 0 Å². The molecule has 1 aromatic carbocycles. The molecule has 2 N–H and O–H groups in total. The number of methoxy groups -OCH3 is 1. The molecule has 1 amide bonds. The first-order valence-electron chi connectivity index (χ1n) is 6.32. The number of aliphatic hydroxyl groups excluding tert-OH is 1. The summed E-state index contributed by atoms with van der Waals surface area (Å²) >= 11 is 0. The van der Waals surface area contributed by atoms with Crippen molar-refractivity contribution in [2.75, 3.05) is 20.3 Å². The van der Waals surface area contributed by atoms with Crippen LogP contribution in [-0.4, -0.2) is 37.4 Å². The van der Waals surface area contributed by atoms with Gasteiger partial charge < -0.3 is 19.9 Å². The van der Waals surface area contributed by atoms with E-state index >= 15 is 0 Å². The van der Waals surface area contributed by atoms with Gasteiger partial charge in [-0.05, 0) is 37.6 Å². The fourth-order valence-corrected chi connectivity index (χ4v) is 1.55. The minimum Gasteiger partial charge on any atom is -0.497 e. The zero-order valence-corrected chi connectivity index (χ0v) is 11.4. The molecule has 0 heterocycles. The predicted molar refractivity (Wildman–Crippen MR) is 72.4 cm³/mol. The van der Waals surface area contributed by atoms with Crippen molar-refractivity contribution < 1.29 is 19.4 Å². The summed E-state index contributed by atoms with van der Waals surface area (Å²) in [5, 5.41) is 11.5. The summed E-state index contributed by atoms with van der Waals surface area (Å²) in [5.74, 6) is 1.40. The van der Waals surface area contributed by atoms with E-state index in [2.05, 4.69) is 5.32 Å². The highest BCUT2D eigenvalue weighted by Crippen LogP contribution is 2.16. The highest BCUT2D eigenvalue weighted by molar-refractivity contribution is 5.76. The number of ether oxygens (including phenoxy) is 2. The second-order valence-corrected chi connectivity index (χ2v) is 4.25. The lowest BCUT2D eigenvalue weighted by Gasteiger charge is -2.12. The van der Waals surface area contributed by atoms with E-state index in [-0.39, 0.29) is 18.6 Å². The van der Waals surface area contributed by atoms with Gasteiger partial charge in [0.05, 0.1) is 20.1 Å². The average molecular weight is 267 g/mol. The Kier molecular flexibility index (Phi) is 6.74. The monoisotopic (exact) mass is 267 g/mol. The number of nitrogens with one attached hydrogen (secondary N) is 1. The lowest BCUT2D eigenvalue weighted by atomic mass is 10.2. The number of aliphatic hydroxyl groups is 1. The quantitative estimate of drug-likeness (QED) is 0.746. The maximum absolute atomic E-state index is 11.5. The Bertz CT molecular complexity index is 378. The molecule has 0 spiro atoms. The van der Waals surface area contributed by atoms with Gasteiger partial charge in [-0.15, -0.1) is 0 Å². The molecule has 5 heteroatoms. The third-order valence-electron chi connectivity index (χ3n) is 2.63. The molecule has 0 aliphatic heterocycles. The number of rotatable bonds is 8. The Morgan fingerprint density at radius 2 is 1.95 bits per heavy atom. The standard InChI is InChI=1S/C14H21NO4/c1-11(7-9-16)15-14(17)8-10-19-13-5-3-12(18-2)4-6-13/h3-6,11,16H,7-10H2,1-2H3,(H,15,17). The van der Waals surface area contributed by atoms with E-state index in [1.54, 1.807) is 31.4 Å². The van der Waals surface area contributed by atoms with Crippen LogP contribution in [0.2, 0.25) is 0 Å². The Balaban J connectivity index is 2.23. The van der Waals surface area contributed by atoms with Gasteiger partial charge in [-0.1, -0.05) is 0 Å². The van der Waals surface area contributed by atoms with Crippen molar-refractivity contribution in [1.29, 1.82) is 0 Å². The number of amides is 1. The maximum atomic E-state index is 11.5. The Morgan fingerprint density at radius 3 is 2.53 bits per heavy atom. The van der Waals surface area contributed by atoms with E-state index in [1.807, 2.05) is 6.92 Å². The lowest BCUT2D eigenvalue weighted by Crippen LogP contribution is -2.33. The molecule has 1 atom stereocenters. The molecule has 0 saturated carbocycles. The molecule has 0 aromatic heterocycles. The Labute approximate surface area is 113 Å². The fourth-order valence-electron chi connectivity index (χ4n) is 1.55. The third kappa shape index (κ3) is 6.10. The molecule has 0 saturated heterocycles. The average Bonchev–Trinajstić information content (AvgIpc) is 2.39. The van der Waals surface area contributed by atoms with Gasteiger partial charge in [-0.3, -0.25) is 4.79 Å². The minimum absolute atomic E-state index is 0.0153. The summed E-state index contributed by atoms with van der Waals surface area (Å²) in [4.78, 5) is 11.5. The fraction of sp³-hybridized carbons (Fsp3) is 0.500. The molecule has 0 fully saturated rings. The third-order valence-corrected chi connectivity index (χ3v) is 2.63. The van der Waals surface area contributed by atoms with Crippen molar-refractivity contribution in [2.24, 2.45) is 0 Å². The Morgan fingerprint density at radius 1 is 1.32 bits per heavy atom.